The maximum Gasteiger partial charge on any atom is 0.229 e. The van der Waals surface area contributed by atoms with E-state index in [0.717, 1.165) is 11.9 Å². The van der Waals surface area contributed by atoms with Crippen molar-refractivity contribution in [1.29, 1.82) is 0 Å². The number of nitrogens with two attached hydrogens (primary N) is 1. The Bertz CT molecular complexity index is 833. The number of hydrogen-bond acceptors (Lipinski definition) is 4. The van der Waals surface area contributed by atoms with Gasteiger partial charge in [-0.1, -0.05) is 23.8 Å². The van der Waals surface area contributed by atoms with Crippen LogP contribution in [0.15, 0.2) is 53.5 Å². The van der Waals surface area contributed by atoms with Gasteiger partial charge in [0.2, 0.25) is 10.0 Å². The molecule has 0 amide bonds. The Morgan fingerprint density at radius 3 is 2.56 bits per heavy atom. The van der Waals surface area contributed by atoms with Crippen LogP contribution in [0.25, 0.3) is 0 Å². The van der Waals surface area contributed by atoms with Crippen LogP contribution in [-0.2, 0) is 10.0 Å². The molecule has 0 aliphatic carbocycles. The Labute approximate surface area is 148 Å². The number of aliphatic imine (C=N–C) groups is 1. The van der Waals surface area contributed by atoms with E-state index in [1.807, 2.05) is 31.2 Å². The molecule has 0 saturated carbocycles. The van der Waals surface area contributed by atoms with Gasteiger partial charge in [-0.3, -0.25) is 4.72 Å². The number of benzene rings is 2. The summed E-state index contributed by atoms with van der Waals surface area (Å²) in [6.45, 7) is 2.70. The van der Waals surface area contributed by atoms with Crippen LogP contribution in [0.1, 0.15) is 5.56 Å². The van der Waals surface area contributed by atoms with E-state index >= 15 is 0 Å². The molecule has 0 radical (unpaired) electrons. The monoisotopic (exact) mass is 362 g/mol. The number of rotatable bonds is 7. The van der Waals surface area contributed by atoms with Crippen LogP contribution in [0.4, 0.5) is 11.4 Å². The minimum Gasteiger partial charge on any atom is -0.492 e. The Kier molecular flexibility index (Phi) is 6.24. The minimum absolute atomic E-state index is 0.306. The van der Waals surface area contributed by atoms with E-state index in [0.29, 0.717) is 30.5 Å². The summed E-state index contributed by atoms with van der Waals surface area (Å²) in [5, 5.41) is 3.00. The predicted molar refractivity (Wildman–Crippen MR) is 102 cm³/mol. The summed E-state index contributed by atoms with van der Waals surface area (Å²) in [5.41, 5.74) is 8.31. The zero-order chi connectivity index (χ0) is 18.3. The number of guanidine groups is 1. The third-order valence-electron chi connectivity index (χ3n) is 3.10. The standard InChI is InChI=1S/C17H22N4O3S/c1-13-6-8-14(9-7-13)20-17(18)19-10-11-24-16-5-3-4-15(12-16)21-25(2,22)23/h3-9,12,21H,10-11H2,1-2H3,(H3,18,19,20). The molecule has 0 atom stereocenters. The number of sulfonamides is 1. The van der Waals surface area contributed by atoms with Crippen LogP contribution >= 0.6 is 0 Å². The van der Waals surface area contributed by atoms with Gasteiger partial charge in [0.15, 0.2) is 5.96 Å². The van der Waals surface area contributed by atoms with Gasteiger partial charge in [-0.15, -0.1) is 0 Å². The molecule has 0 heterocycles. The Balaban J connectivity index is 1.82. The lowest BCUT2D eigenvalue weighted by molar-refractivity contribution is 0.329. The lowest BCUT2D eigenvalue weighted by atomic mass is 10.2. The average molecular weight is 362 g/mol. The molecule has 7 nitrogen and oxygen atoms in total. The molecule has 0 spiro atoms. The maximum atomic E-state index is 11.2. The molecule has 0 aliphatic heterocycles. The highest BCUT2D eigenvalue weighted by molar-refractivity contribution is 7.92. The van der Waals surface area contributed by atoms with Gasteiger partial charge >= 0.3 is 0 Å². The Morgan fingerprint density at radius 2 is 1.88 bits per heavy atom. The molecule has 4 N–H and O–H groups in total. The van der Waals surface area contributed by atoms with Crippen molar-refractivity contribution in [2.24, 2.45) is 10.7 Å². The van der Waals surface area contributed by atoms with Crippen LogP contribution in [-0.4, -0.2) is 33.8 Å². The van der Waals surface area contributed by atoms with Gasteiger partial charge in [-0.05, 0) is 31.2 Å². The van der Waals surface area contributed by atoms with Crippen molar-refractivity contribution in [1.82, 2.24) is 0 Å². The first kappa shape index (κ1) is 18.6. The van der Waals surface area contributed by atoms with Gasteiger partial charge < -0.3 is 15.8 Å². The average Bonchev–Trinajstić information content (AvgIpc) is 2.53. The second kappa shape index (κ2) is 8.39. The van der Waals surface area contributed by atoms with E-state index in [4.69, 9.17) is 10.5 Å². The third kappa shape index (κ3) is 7.13. The molecule has 134 valence electrons. The lowest BCUT2D eigenvalue weighted by Crippen LogP contribution is -2.23. The summed E-state index contributed by atoms with van der Waals surface area (Å²) in [5.74, 6) is 0.855. The molecular formula is C17H22N4O3S. The van der Waals surface area contributed by atoms with E-state index in [-0.39, 0.29) is 0 Å². The summed E-state index contributed by atoms with van der Waals surface area (Å²) >= 11 is 0. The SMILES string of the molecule is Cc1ccc(NC(N)=NCCOc2cccc(NS(C)(=O)=O)c2)cc1. The van der Waals surface area contributed by atoms with Gasteiger partial charge in [0.1, 0.15) is 12.4 Å². The van der Waals surface area contributed by atoms with Crippen LogP contribution in [0.5, 0.6) is 5.75 Å². The molecule has 0 bridgehead atoms. The first-order valence-corrected chi connectivity index (χ1v) is 9.55. The Hall–Kier alpha value is -2.74. The molecular weight excluding hydrogens is 340 g/mol. The van der Waals surface area contributed by atoms with E-state index in [9.17, 15) is 8.42 Å². The first-order valence-electron chi connectivity index (χ1n) is 7.66. The smallest absolute Gasteiger partial charge is 0.229 e. The van der Waals surface area contributed by atoms with Gasteiger partial charge in [0.05, 0.1) is 18.5 Å². The summed E-state index contributed by atoms with van der Waals surface area (Å²) < 4.78 is 30.4. The molecule has 0 aromatic heterocycles. The largest absolute Gasteiger partial charge is 0.492 e. The number of anilines is 2. The van der Waals surface area contributed by atoms with E-state index < -0.39 is 10.0 Å². The van der Waals surface area contributed by atoms with Crippen LogP contribution in [0.3, 0.4) is 0 Å². The van der Waals surface area contributed by atoms with Crippen LogP contribution in [0.2, 0.25) is 0 Å². The van der Waals surface area contributed by atoms with E-state index in [2.05, 4.69) is 15.0 Å². The summed E-state index contributed by atoms with van der Waals surface area (Å²) in [6.07, 6.45) is 1.10. The molecule has 0 fully saturated rings. The van der Waals surface area contributed by atoms with Gasteiger partial charge in [0, 0.05) is 11.8 Å². The molecule has 0 aliphatic rings. The number of hydrogen-bond donors (Lipinski definition) is 3. The summed E-state index contributed by atoms with van der Waals surface area (Å²) in [4.78, 5) is 4.19. The second-order valence-corrected chi connectivity index (χ2v) is 7.26. The molecule has 8 heteroatoms. The number of aryl methyl sites for hydroxylation is 1. The van der Waals surface area contributed by atoms with Crippen molar-refractivity contribution in [2.45, 2.75) is 6.92 Å². The fourth-order valence-electron chi connectivity index (χ4n) is 2.02. The van der Waals surface area contributed by atoms with Crippen molar-refractivity contribution in [3.05, 3.63) is 54.1 Å². The Morgan fingerprint density at radius 1 is 1.16 bits per heavy atom. The van der Waals surface area contributed by atoms with Crippen molar-refractivity contribution in [2.75, 3.05) is 29.4 Å². The van der Waals surface area contributed by atoms with E-state index in [1.54, 1.807) is 24.3 Å². The van der Waals surface area contributed by atoms with E-state index in [1.165, 1.54) is 5.56 Å². The molecule has 2 aromatic carbocycles. The van der Waals surface area contributed by atoms with Crippen LogP contribution < -0.4 is 20.5 Å². The number of ether oxygens (including phenoxy) is 1. The van der Waals surface area contributed by atoms with Crippen LogP contribution in [0, 0.1) is 6.92 Å². The zero-order valence-electron chi connectivity index (χ0n) is 14.2. The highest BCUT2D eigenvalue weighted by Gasteiger charge is 2.03. The van der Waals surface area contributed by atoms with Gasteiger partial charge in [-0.2, -0.15) is 0 Å². The fourth-order valence-corrected chi connectivity index (χ4v) is 2.57. The molecule has 2 aromatic rings. The molecule has 0 saturated heterocycles. The fraction of sp³-hybridized carbons (Fsp3) is 0.235. The van der Waals surface area contributed by atoms with Crippen molar-refractivity contribution < 1.29 is 13.2 Å². The predicted octanol–water partition coefficient (Wildman–Crippen LogP) is 2.17. The van der Waals surface area contributed by atoms with Crippen molar-refractivity contribution in [3.8, 4) is 5.75 Å². The third-order valence-corrected chi connectivity index (χ3v) is 3.71. The quantitative estimate of drug-likeness (QED) is 0.398. The van der Waals surface area contributed by atoms with Crippen molar-refractivity contribution >= 4 is 27.4 Å². The maximum absolute atomic E-state index is 11.2. The number of nitrogens with one attached hydrogen (secondary N) is 2. The highest BCUT2D eigenvalue weighted by atomic mass is 32.2. The zero-order valence-corrected chi connectivity index (χ0v) is 15.0. The summed E-state index contributed by atoms with van der Waals surface area (Å²) in [6, 6.07) is 14.5. The molecule has 25 heavy (non-hydrogen) atoms. The normalized spacial score (nSPS) is 11.8. The van der Waals surface area contributed by atoms with Crippen molar-refractivity contribution in [3.63, 3.8) is 0 Å². The first-order chi connectivity index (χ1) is 11.8. The highest BCUT2D eigenvalue weighted by Crippen LogP contribution is 2.18. The van der Waals surface area contributed by atoms with Gasteiger partial charge in [-0.25, -0.2) is 13.4 Å². The topological polar surface area (TPSA) is 106 Å². The minimum atomic E-state index is -3.32. The molecule has 0 unspecified atom stereocenters. The number of nitrogens with zero attached hydrogens (tertiary/aromatic N) is 1. The molecule has 2 rings (SSSR count). The van der Waals surface area contributed by atoms with Gasteiger partial charge in [0.25, 0.3) is 0 Å². The summed E-state index contributed by atoms with van der Waals surface area (Å²) in [7, 11) is -3.32. The second-order valence-electron chi connectivity index (χ2n) is 5.51. The lowest BCUT2D eigenvalue weighted by Gasteiger charge is -2.09.